The lowest BCUT2D eigenvalue weighted by Gasteiger charge is -2.09. The Morgan fingerprint density at radius 2 is 1.62 bits per heavy atom. The van der Waals surface area contributed by atoms with E-state index in [1.807, 2.05) is 55.5 Å². The number of ether oxygens (including phenoxy) is 2. The van der Waals surface area contributed by atoms with Crippen molar-refractivity contribution in [1.82, 2.24) is 10.2 Å². The molecule has 7 heteroatoms. The Morgan fingerprint density at radius 1 is 0.931 bits per heavy atom. The van der Waals surface area contributed by atoms with Gasteiger partial charge in [-0.1, -0.05) is 24.3 Å². The second-order valence-corrected chi connectivity index (χ2v) is 6.41. The van der Waals surface area contributed by atoms with E-state index in [1.165, 1.54) is 0 Å². The van der Waals surface area contributed by atoms with Gasteiger partial charge in [-0.25, -0.2) is 0 Å². The third-order valence-electron chi connectivity index (χ3n) is 4.28. The maximum Gasteiger partial charge on any atom is 0.230 e. The third kappa shape index (κ3) is 6.21. The Bertz CT molecular complexity index is 928. The molecule has 0 fully saturated rings. The van der Waals surface area contributed by atoms with E-state index in [2.05, 4.69) is 20.8 Å². The van der Waals surface area contributed by atoms with Crippen LogP contribution < -0.4 is 20.1 Å². The Hall–Kier alpha value is -3.61. The number of aryl methyl sites for hydroxylation is 1. The predicted molar refractivity (Wildman–Crippen MR) is 113 cm³/mol. The summed E-state index contributed by atoms with van der Waals surface area (Å²) in [5.41, 5.74) is 2.08. The summed E-state index contributed by atoms with van der Waals surface area (Å²) in [5.74, 6) is 2.47. The van der Waals surface area contributed by atoms with Gasteiger partial charge in [0.05, 0.1) is 20.1 Å². The summed E-state index contributed by atoms with van der Waals surface area (Å²) in [6, 6.07) is 18.7. The number of amides is 1. The maximum atomic E-state index is 12.2. The van der Waals surface area contributed by atoms with Crippen LogP contribution in [0.2, 0.25) is 0 Å². The molecule has 0 aliphatic carbocycles. The van der Waals surface area contributed by atoms with Gasteiger partial charge in [0.2, 0.25) is 5.91 Å². The fourth-order valence-corrected chi connectivity index (χ4v) is 2.68. The Kier molecular flexibility index (Phi) is 7.00. The molecule has 2 aromatic carbocycles. The molecule has 3 rings (SSSR count). The van der Waals surface area contributed by atoms with Crippen LogP contribution in [0.25, 0.3) is 0 Å². The highest BCUT2D eigenvalue weighted by Gasteiger charge is 2.07. The van der Waals surface area contributed by atoms with Gasteiger partial charge in [0.1, 0.15) is 23.9 Å². The van der Waals surface area contributed by atoms with Crippen molar-refractivity contribution in [2.75, 3.05) is 30.9 Å². The Labute approximate surface area is 170 Å². The molecule has 2 N–H and O–H groups in total. The van der Waals surface area contributed by atoms with Crippen LogP contribution >= 0.6 is 0 Å². The van der Waals surface area contributed by atoms with Gasteiger partial charge in [0.25, 0.3) is 0 Å². The largest absolute Gasteiger partial charge is 0.497 e. The molecule has 1 heterocycles. The van der Waals surface area contributed by atoms with E-state index in [4.69, 9.17) is 9.47 Å². The van der Waals surface area contributed by atoms with Crippen molar-refractivity contribution in [1.29, 1.82) is 0 Å². The van der Waals surface area contributed by atoms with Crippen molar-refractivity contribution in [2.24, 2.45) is 0 Å². The normalized spacial score (nSPS) is 10.3. The summed E-state index contributed by atoms with van der Waals surface area (Å²) in [4.78, 5) is 12.2. The minimum atomic E-state index is -0.123. The van der Waals surface area contributed by atoms with Crippen LogP contribution in [0.15, 0.2) is 60.7 Å². The van der Waals surface area contributed by atoms with Crippen LogP contribution in [0.3, 0.4) is 0 Å². The molecular weight excluding hydrogens is 368 g/mol. The summed E-state index contributed by atoms with van der Waals surface area (Å²) in [7, 11) is 1.63. The van der Waals surface area contributed by atoms with Gasteiger partial charge in [0.15, 0.2) is 5.82 Å². The van der Waals surface area contributed by atoms with E-state index in [0.717, 1.165) is 22.6 Å². The summed E-state index contributed by atoms with van der Waals surface area (Å²) in [6.07, 6.45) is 0.303. The van der Waals surface area contributed by atoms with Gasteiger partial charge in [-0.2, -0.15) is 0 Å². The summed E-state index contributed by atoms with van der Waals surface area (Å²) in [5, 5.41) is 14.0. The first-order chi connectivity index (χ1) is 14.1. The lowest BCUT2D eigenvalue weighted by molar-refractivity contribution is -0.115. The zero-order chi connectivity index (χ0) is 20.5. The van der Waals surface area contributed by atoms with E-state index in [0.29, 0.717) is 31.2 Å². The molecule has 1 amide bonds. The second kappa shape index (κ2) is 10.1. The molecular formula is C22H24N4O3. The molecule has 0 saturated heterocycles. The number of hydrogen-bond donors (Lipinski definition) is 2. The van der Waals surface area contributed by atoms with Crippen molar-refractivity contribution in [3.05, 3.63) is 71.8 Å². The molecule has 0 radical (unpaired) electrons. The van der Waals surface area contributed by atoms with Crippen LogP contribution in [0.1, 0.15) is 11.1 Å². The average Bonchev–Trinajstić information content (AvgIpc) is 2.74. The minimum Gasteiger partial charge on any atom is -0.497 e. The molecule has 0 aliphatic heterocycles. The van der Waals surface area contributed by atoms with Crippen LogP contribution in [-0.2, 0) is 11.2 Å². The molecule has 0 spiro atoms. The number of methoxy groups -OCH3 is 1. The van der Waals surface area contributed by atoms with Gasteiger partial charge in [-0.15, -0.1) is 10.2 Å². The summed E-state index contributed by atoms with van der Waals surface area (Å²) >= 11 is 0. The highest BCUT2D eigenvalue weighted by Crippen LogP contribution is 2.17. The standard InChI is InChI=1S/C22H24N4O3/c1-16-5-3-4-6-17(16)15-22(27)24-21-12-11-20(25-26-21)23-13-14-29-19-9-7-18(28-2)8-10-19/h3-12H,13-15H2,1-2H3,(H,23,25)(H,24,26,27). The van der Waals surface area contributed by atoms with Crippen molar-refractivity contribution < 1.29 is 14.3 Å². The Balaban J connectivity index is 1.41. The number of nitrogens with one attached hydrogen (secondary N) is 2. The first kappa shape index (κ1) is 20.1. The third-order valence-corrected chi connectivity index (χ3v) is 4.28. The molecule has 1 aromatic heterocycles. The SMILES string of the molecule is COc1ccc(OCCNc2ccc(NC(=O)Cc3ccccc3C)nn2)cc1. The van der Waals surface area contributed by atoms with Gasteiger partial charge in [0, 0.05) is 0 Å². The lowest BCUT2D eigenvalue weighted by atomic mass is 10.1. The van der Waals surface area contributed by atoms with Crippen LogP contribution in [-0.4, -0.2) is 36.4 Å². The highest BCUT2D eigenvalue weighted by molar-refractivity contribution is 5.91. The zero-order valence-electron chi connectivity index (χ0n) is 16.5. The summed E-state index contributed by atoms with van der Waals surface area (Å²) < 4.78 is 10.8. The van der Waals surface area contributed by atoms with E-state index in [9.17, 15) is 4.79 Å². The number of rotatable bonds is 9. The van der Waals surface area contributed by atoms with Crippen molar-refractivity contribution in [3.8, 4) is 11.5 Å². The van der Waals surface area contributed by atoms with E-state index in [1.54, 1.807) is 19.2 Å². The quantitative estimate of drug-likeness (QED) is 0.543. The zero-order valence-corrected chi connectivity index (χ0v) is 16.5. The molecule has 0 bridgehead atoms. The topological polar surface area (TPSA) is 85.4 Å². The van der Waals surface area contributed by atoms with Gasteiger partial charge < -0.3 is 20.1 Å². The van der Waals surface area contributed by atoms with Crippen LogP contribution in [0.5, 0.6) is 11.5 Å². The van der Waals surface area contributed by atoms with Crippen molar-refractivity contribution in [3.63, 3.8) is 0 Å². The number of carbonyl (C=O) groups is 1. The maximum absolute atomic E-state index is 12.2. The number of benzene rings is 2. The molecule has 3 aromatic rings. The summed E-state index contributed by atoms with van der Waals surface area (Å²) in [6.45, 7) is 3.03. The van der Waals surface area contributed by atoms with Crippen molar-refractivity contribution >= 4 is 17.5 Å². The van der Waals surface area contributed by atoms with E-state index >= 15 is 0 Å². The first-order valence-corrected chi connectivity index (χ1v) is 9.33. The Morgan fingerprint density at radius 3 is 2.31 bits per heavy atom. The van der Waals surface area contributed by atoms with E-state index in [-0.39, 0.29) is 5.91 Å². The predicted octanol–water partition coefficient (Wildman–Crippen LogP) is 3.47. The number of hydrogen-bond acceptors (Lipinski definition) is 6. The van der Waals surface area contributed by atoms with Crippen LogP contribution in [0, 0.1) is 6.92 Å². The monoisotopic (exact) mass is 392 g/mol. The number of anilines is 2. The smallest absolute Gasteiger partial charge is 0.230 e. The fraction of sp³-hybridized carbons (Fsp3) is 0.227. The van der Waals surface area contributed by atoms with Gasteiger partial charge in [-0.05, 0) is 54.4 Å². The minimum absolute atomic E-state index is 0.123. The van der Waals surface area contributed by atoms with Crippen molar-refractivity contribution in [2.45, 2.75) is 13.3 Å². The molecule has 0 saturated carbocycles. The van der Waals surface area contributed by atoms with Crippen LogP contribution in [0.4, 0.5) is 11.6 Å². The molecule has 29 heavy (non-hydrogen) atoms. The lowest BCUT2D eigenvalue weighted by Crippen LogP contribution is -2.17. The molecule has 0 unspecified atom stereocenters. The molecule has 0 aliphatic rings. The average molecular weight is 392 g/mol. The molecule has 150 valence electrons. The van der Waals surface area contributed by atoms with Gasteiger partial charge >= 0.3 is 0 Å². The fourth-order valence-electron chi connectivity index (χ4n) is 2.68. The number of nitrogens with zero attached hydrogens (tertiary/aromatic N) is 2. The number of carbonyl (C=O) groups excluding carboxylic acids is 1. The van der Waals surface area contributed by atoms with Gasteiger partial charge in [-0.3, -0.25) is 4.79 Å². The first-order valence-electron chi connectivity index (χ1n) is 9.33. The highest BCUT2D eigenvalue weighted by atomic mass is 16.5. The molecule has 7 nitrogen and oxygen atoms in total. The number of aromatic nitrogens is 2. The van der Waals surface area contributed by atoms with E-state index < -0.39 is 0 Å². The second-order valence-electron chi connectivity index (χ2n) is 6.41. The molecule has 0 atom stereocenters.